The summed E-state index contributed by atoms with van der Waals surface area (Å²) in [6.07, 6.45) is -0.678. The summed E-state index contributed by atoms with van der Waals surface area (Å²) in [6, 6.07) is -0.558. The van der Waals surface area contributed by atoms with Crippen molar-refractivity contribution in [1.82, 2.24) is 20.5 Å². The first-order valence-corrected chi connectivity index (χ1v) is 4.73. The number of hydrogen-bond donors (Lipinski definition) is 4. The zero-order chi connectivity index (χ0) is 13.0. The van der Waals surface area contributed by atoms with E-state index in [2.05, 4.69) is 15.6 Å². The van der Waals surface area contributed by atoms with E-state index < -0.39 is 24.0 Å². The van der Waals surface area contributed by atoms with Gasteiger partial charge in [-0.15, -0.1) is 5.10 Å². The normalized spacial score (nSPS) is 14.0. The highest BCUT2D eigenvalue weighted by Gasteiger charge is 2.19. The number of carbonyl (C=O) groups is 2. The maximum absolute atomic E-state index is 11.5. The Labute approximate surface area is 95.6 Å². The molecule has 0 spiro atoms. The first-order chi connectivity index (χ1) is 7.90. The van der Waals surface area contributed by atoms with Crippen LogP contribution < -0.4 is 5.32 Å². The number of hydrogen-bond acceptors (Lipinski definition) is 6. The van der Waals surface area contributed by atoms with Gasteiger partial charge < -0.3 is 20.7 Å². The minimum Gasteiger partial charge on any atom is -0.479 e. The molecule has 0 aliphatic rings. The summed E-state index contributed by atoms with van der Waals surface area (Å²) in [4.78, 5) is 22.2. The van der Waals surface area contributed by atoms with Crippen molar-refractivity contribution >= 4 is 11.9 Å². The number of nitrogens with one attached hydrogen (secondary N) is 1. The predicted molar refractivity (Wildman–Crippen MR) is 52.4 cm³/mol. The summed E-state index contributed by atoms with van der Waals surface area (Å²) in [6.45, 7) is 1.54. The van der Waals surface area contributed by atoms with Crippen LogP contribution in [-0.2, 0) is 4.79 Å². The molecule has 1 aromatic heterocycles. The molecule has 9 heteroatoms. The van der Waals surface area contributed by atoms with Crippen LogP contribution in [0.2, 0.25) is 0 Å². The van der Waals surface area contributed by atoms with Crippen LogP contribution >= 0.6 is 0 Å². The number of nitrogens with zero attached hydrogens (tertiary/aromatic N) is 3. The standard InChI is InChI=1S/C8H12N4O5/c1-4(2-6(13)8(15)16)9-7(14)5-3-12(17)11-10-5/h3-4,6,13,17H,2H2,1H3,(H,9,14)(H,15,16). The van der Waals surface area contributed by atoms with Crippen LogP contribution in [0.15, 0.2) is 6.20 Å². The van der Waals surface area contributed by atoms with Crippen molar-refractivity contribution in [1.29, 1.82) is 0 Å². The number of aliphatic carboxylic acids is 1. The van der Waals surface area contributed by atoms with Gasteiger partial charge in [0, 0.05) is 12.5 Å². The summed E-state index contributed by atoms with van der Waals surface area (Å²) < 4.78 is 0. The summed E-state index contributed by atoms with van der Waals surface area (Å²) in [7, 11) is 0. The zero-order valence-corrected chi connectivity index (χ0v) is 8.94. The van der Waals surface area contributed by atoms with E-state index in [4.69, 9.17) is 15.4 Å². The Morgan fingerprint density at radius 1 is 1.59 bits per heavy atom. The minimum absolute atomic E-state index is 0.107. The molecule has 4 N–H and O–H groups in total. The molecule has 94 valence electrons. The molecular weight excluding hydrogens is 232 g/mol. The monoisotopic (exact) mass is 244 g/mol. The molecule has 0 saturated heterocycles. The molecule has 0 bridgehead atoms. The van der Waals surface area contributed by atoms with E-state index in [1.165, 1.54) is 6.92 Å². The van der Waals surface area contributed by atoms with Gasteiger partial charge in [0.15, 0.2) is 11.8 Å². The average molecular weight is 244 g/mol. The van der Waals surface area contributed by atoms with Crippen LogP contribution in [0, 0.1) is 0 Å². The molecule has 1 aromatic rings. The topological polar surface area (TPSA) is 138 Å². The summed E-state index contributed by atoms with van der Waals surface area (Å²) in [5, 5.41) is 35.2. The summed E-state index contributed by atoms with van der Waals surface area (Å²) in [5.74, 6) is -1.97. The highest BCUT2D eigenvalue weighted by Crippen LogP contribution is 2.00. The van der Waals surface area contributed by atoms with Gasteiger partial charge in [-0.05, 0) is 12.1 Å². The molecule has 17 heavy (non-hydrogen) atoms. The number of amides is 1. The Morgan fingerprint density at radius 3 is 2.71 bits per heavy atom. The zero-order valence-electron chi connectivity index (χ0n) is 8.94. The molecule has 0 saturated carbocycles. The third-order valence-corrected chi connectivity index (χ3v) is 1.95. The number of aliphatic hydroxyl groups is 1. The maximum Gasteiger partial charge on any atom is 0.332 e. The van der Waals surface area contributed by atoms with E-state index in [9.17, 15) is 9.59 Å². The van der Waals surface area contributed by atoms with Gasteiger partial charge in [0.05, 0.1) is 6.20 Å². The average Bonchev–Trinajstić information content (AvgIpc) is 2.64. The lowest BCUT2D eigenvalue weighted by molar-refractivity contribution is -0.147. The lowest BCUT2D eigenvalue weighted by Gasteiger charge is -2.14. The number of carbonyl (C=O) groups excluding carboxylic acids is 1. The molecule has 0 aliphatic heterocycles. The molecule has 0 fully saturated rings. The first kappa shape index (κ1) is 12.9. The Balaban J connectivity index is 2.49. The van der Waals surface area contributed by atoms with Crippen molar-refractivity contribution in [2.24, 2.45) is 0 Å². The lowest BCUT2D eigenvalue weighted by Crippen LogP contribution is -2.37. The van der Waals surface area contributed by atoms with Crippen molar-refractivity contribution in [2.45, 2.75) is 25.5 Å². The second kappa shape index (κ2) is 5.25. The van der Waals surface area contributed by atoms with Gasteiger partial charge in [-0.1, -0.05) is 4.85 Å². The summed E-state index contributed by atoms with van der Waals surface area (Å²) >= 11 is 0. The Hall–Kier alpha value is -2.16. The van der Waals surface area contributed by atoms with Crippen molar-refractivity contribution in [3.8, 4) is 0 Å². The third-order valence-electron chi connectivity index (χ3n) is 1.95. The fraction of sp³-hybridized carbons (Fsp3) is 0.500. The molecule has 1 amide bonds. The Kier molecular flexibility index (Phi) is 3.99. The van der Waals surface area contributed by atoms with Crippen LogP contribution in [0.5, 0.6) is 0 Å². The molecule has 1 heterocycles. The predicted octanol–water partition coefficient (Wildman–Crippen LogP) is -1.53. The van der Waals surface area contributed by atoms with Gasteiger partial charge in [-0.2, -0.15) is 0 Å². The molecule has 0 aliphatic carbocycles. The van der Waals surface area contributed by atoms with E-state index in [1.54, 1.807) is 0 Å². The third kappa shape index (κ3) is 3.72. The second-order valence-electron chi connectivity index (χ2n) is 3.49. The number of carboxylic acid groups (broad SMARTS) is 1. The molecule has 1 rings (SSSR count). The van der Waals surface area contributed by atoms with Gasteiger partial charge >= 0.3 is 5.97 Å². The SMILES string of the molecule is CC(CC(O)C(=O)O)NC(=O)c1cn(O)nn1. The fourth-order valence-corrected chi connectivity index (χ4v) is 1.15. The van der Waals surface area contributed by atoms with E-state index in [1.807, 2.05) is 0 Å². The molecule has 2 atom stereocenters. The van der Waals surface area contributed by atoms with E-state index in [-0.39, 0.29) is 12.1 Å². The largest absolute Gasteiger partial charge is 0.479 e. The van der Waals surface area contributed by atoms with Gasteiger partial charge in [-0.3, -0.25) is 4.79 Å². The lowest BCUT2D eigenvalue weighted by atomic mass is 10.1. The van der Waals surface area contributed by atoms with E-state index >= 15 is 0 Å². The highest BCUT2D eigenvalue weighted by atomic mass is 16.5. The fourth-order valence-electron chi connectivity index (χ4n) is 1.15. The number of carboxylic acids is 1. The van der Waals surface area contributed by atoms with E-state index in [0.29, 0.717) is 4.85 Å². The molecule has 0 aromatic carbocycles. The van der Waals surface area contributed by atoms with E-state index in [0.717, 1.165) is 6.20 Å². The Bertz CT molecular complexity index is 418. The first-order valence-electron chi connectivity index (χ1n) is 4.73. The van der Waals surface area contributed by atoms with Crippen LogP contribution in [0.4, 0.5) is 0 Å². The highest BCUT2D eigenvalue weighted by molar-refractivity contribution is 5.92. The van der Waals surface area contributed by atoms with Crippen LogP contribution in [0.3, 0.4) is 0 Å². The quantitative estimate of drug-likeness (QED) is 0.461. The van der Waals surface area contributed by atoms with Crippen molar-refractivity contribution < 1.29 is 25.0 Å². The van der Waals surface area contributed by atoms with Gasteiger partial charge in [0.25, 0.3) is 5.91 Å². The van der Waals surface area contributed by atoms with Crippen molar-refractivity contribution in [3.63, 3.8) is 0 Å². The van der Waals surface area contributed by atoms with Gasteiger partial charge in [-0.25, -0.2) is 4.79 Å². The number of rotatable bonds is 5. The minimum atomic E-state index is -1.54. The Morgan fingerprint density at radius 2 is 2.24 bits per heavy atom. The number of aromatic nitrogens is 3. The van der Waals surface area contributed by atoms with Crippen LogP contribution in [0.25, 0.3) is 0 Å². The van der Waals surface area contributed by atoms with Gasteiger partial charge in [0.1, 0.15) is 0 Å². The molecular formula is C8H12N4O5. The molecule has 2 unspecified atom stereocenters. The van der Waals surface area contributed by atoms with Crippen LogP contribution in [-0.4, -0.2) is 54.6 Å². The van der Waals surface area contributed by atoms with Gasteiger partial charge in [0.2, 0.25) is 0 Å². The molecule has 9 nitrogen and oxygen atoms in total. The second-order valence-corrected chi connectivity index (χ2v) is 3.49. The van der Waals surface area contributed by atoms with Crippen LogP contribution in [0.1, 0.15) is 23.8 Å². The molecule has 0 radical (unpaired) electrons. The van der Waals surface area contributed by atoms with Crippen molar-refractivity contribution in [2.75, 3.05) is 0 Å². The number of aliphatic hydroxyl groups excluding tert-OH is 1. The van der Waals surface area contributed by atoms with Crippen molar-refractivity contribution in [3.05, 3.63) is 11.9 Å². The smallest absolute Gasteiger partial charge is 0.332 e. The summed E-state index contributed by atoms with van der Waals surface area (Å²) in [5.41, 5.74) is -0.107. The maximum atomic E-state index is 11.5.